The molecular formula is C31H42N6O4. The standard InChI is InChI=1S/C31H42N6O4/c1-41-25-11-9-23(10-12-25)22-34-31(40)37-15-7-3-2-5-14-33-29(38)26-20-24(21-27(26)37)30(39)36-18-16-35(17-19-36)28-8-4-6-13-32-28/h4,6,8-13,24,26-27H,2-3,5,7,14-22H2,1H3,(H,33,38)(H,34,40)/t24-,26-,27+/m1/s1. The summed E-state index contributed by atoms with van der Waals surface area (Å²) in [5.74, 6) is 1.06. The van der Waals surface area contributed by atoms with E-state index < -0.39 is 5.92 Å². The highest BCUT2D eigenvalue weighted by Crippen LogP contribution is 2.37. The van der Waals surface area contributed by atoms with Gasteiger partial charge in [0.25, 0.3) is 0 Å². The predicted molar refractivity (Wildman–Crippen MR) is 156 cm³/mol. The maximum Gasteiger partial charge on any atom is 0.317 e. The number of urea groups is 1. The number of anilines is 1. The van der Waals surface area contributed by atoms with Crippen molar-refractivity contribution in [1.29, 1.82) is 0 Å². The van der Waals surface area contributed by atoms with Gasteiger partial charge in [-0.1, -0.05) is 31.0 Å². The third kappa shape index (κ3) is 7.10. The lowest BCUT2D eigenvalue weighted by molar-refractivity contribution is -0.135. The van der Waals surface area contributed by atoms with E-state index in [9.17, 15) is 14.4 Å². The molecule has 1 aromatic heterocycles. The molecule has 1 aromatic carbocycles. The first kappa shape index (κ1) is 28.7. The highest BCUT2D eigenvalue weighted by atomic mass is 16.5. The number of methoxy groups -OCH3 is 1. The van der Waals surface area contributed by atoms with Gasteiger partial charge in [0.1, 0.15) is 11.6 Å². The number of pyridine rings is 1. The molecule has 0 radical (unpaired) electrons. The van der Waals surface area contributed by atoms with E-state index >= 15 is 0 Å². The van der Waals surface area contributed by atoms with Gasteiger partial charge in [-0.3, -0.25) is 9.59 Å². The highest BCUT2D eigenvalue weighted by Gasteiger charge is 2.46. The molecular weight excluding hydrogens is 520 g/mol. The van der Waals surface area contributed by atoms with Gasteiger partial charge in [-0.15, -0.1) is 0 Å². The van der Waals surface area contributed by atoms with Crippen molar-refractivity contribution in [3.63, 3.8) is 0 Å². The number of hydrogen-bond donors (Lipinski definition) is 2. The number of piperazine rings is 1. The smallest absolute Gasteiger partial charge is 0.317 e. The van der Waals surface area contributed by atoms with Gasteiger partial charge in [0, 0.05) is 64.0 Å². The van der Waals surface area contributed by atoms with Crippen molar-refractivity contribution >= 4 is 23.7 Å². The lowest BCUT2D eigenvalue weighted by Crippen LogP contribution is -2.51. The first-order chi connectivity index (χ1) is 20.0. The minimum Gasteiger partial charge on any atom is -0.497 e. The van der Waals surface area contributed by atoms with Crippen molar-refractivity contribution in [2.24, 2.45) is 11.8 Å². The van der Waals surface area contributed by atoms with Crippen LogP contribution in [0.25, 0.3) is 0 Å². The van der Waals surface area contributed by atoms with Crippen LogP contribution in [-0.4, -0.2) is 85.0 Å². The van der Waals surface area contributed by atoms with Crippen LogP contribution in [0.15, 0.2) is 48.7 Å². The van der Waals surface area contributed by atoms with Crippen LogP contribution in [0, 0.1) is 11.8 Å². The highest BCUT2D eigenvalue weighted by molar-refractivity contribution is 5.85. The minimum atomic E-state index is -0.399. The summed E-state index contributed by atoms with van der Waals surface area (Å²) in [6.07, 6.45) is 6.58. The van der Waals surface area contributed by atoms with Crippen molar-refractivity contribution in [2.75, 3.05) is 51.3 Å². The average Bonchev–Trinajstić information content (AvgIpc) is 3.45. The molecule has 41 heavy (non-hydrogen) atoms. The maximum absolute atomic E-state index is 13.7. The number of benzene rings is 1. The maximum atomic E-state index is 13.7. The van der Waals surface area contributed by atoms with Crippen molar-refractivity contribution in [2.45, 2.75) is 51.1 Å². The monoisotopic (exact) mass is 562 g/mol. The predicted octanol–water partition coefficient (Wildman–Crippen LogP) is 3.04. The molecule has 10 heteroatoms. The largest absolute Gasteiger partial charge is 0.497 e. The molecule has 4 amide bonds. The topological polar surface area (TPSA) is 107 Å². The number of ether oxygens (including phenoxy) is 1. The zero-order valence-electron chi connectivity index (χ0n) is 24.0. The number of hydrogen-bond acceptors (Lipinski definition) is 6. The Labute approximate surface area is 242 Å². The summed E-state index contributed by atoms with van der Waals surface area (Å²) < 4.78 is 5.23. The second-order valence-electron chi connectivity index (χ2n) is 11.2. The van der Waals surface area contributed by atoms with Crippen LogP contribution in [0.5, 0.6) is 5.75 Å². The molecule has 2 saturated heterocycles. The fourth-order valence-corrected chi connectivity index (χ4v) is 6.34. The van der Waals surface area contributed by atoms with E-state index in [0.29, 0.717) is 45.6 Å². The van der Waals surface area contributed by atoms with Gasteiger partial charge in [-0.2, -0.15) is 0 Å². The molecule has 0 bridgehead atoms. The first-order valence-electron chi connectivity index (χ1n) is 14.9. The van der Waals surface area contributed by atoms with E-state index in [1.807, 2.05) is 52.3 Å². The van der Waals surface area contributed by atoms with Gasteiger partial charge >= 0.3 is 6.03 Å². The Balaban J connectivity index is 1.26. The van der Waals surface area contributed by atoms with E-state index in [1.54, 1.807) is 13.3 Å². The summed E-state index contributed by atoms with van der Waals surface area (Å²) in [5.41, 5.74) is 0.968. The van der Waals surface area contributed by atoms with Crippen LogP contribution >= 0.6 is 0 Å². The van der Waals surface area contributed by atoms with Gasteiger partial charge in [0.2, 0.25) is 11.8 Å². The number of amides is 4. The van der Waals surface area contributed by atoms with E-state index in [0.717, 1.165) is 55.9 Å². The molecule has 5 rings (SSSR count). The molecule has 2 N–H and O–H groups in total. The van der Waals surface area contributed by atoms with E-state index in [2.05, 4.69) is 20.5 Å². The Morgan fingerprint density at radius 2 is 1.76 bits per heavy atom. The Morgan fingerprint density at radius 3 is 2.49 bits per heavy atom. The van der Waals surface area contributed by atoms with E-state index in [-0.39, 0.29) is 29.8 Å². The molecule has 1 saturated carbocycles. The van der Waals surface area contributed by atoms with Crippen LogP contribution in [0.4, 0.5) is 10.6 Å². The molecule has 1 aliphatic carbocycles. The Kier molecular flexibility index (Phi) is 9.59. The van der Waals surface area contributed by atoms with Gasteiger partial charge in [-0.05, 0) is 55.5 Å². The molecule has 2 aromatic rings. The lowest BCUT2D eigenvalue weighted by Gasteiger charge is -2.36. The molecule has 0 unspecified atom stereocenters. The number of aromatic nitrogens is 1. The summed E-state index contributed by atoms with van der Waals surface area (Å²) >= 11 is 0. The molecule has 10 nitrogen and oxygen atoms in total. The van der Waals surface area contributed by atoms with Crippen molar-refractivity contribution in [3.8, 4) is 5.75 Å². The molecule has 220 valence electrons. The lowest BCUT2D eigenvalue weighted by atomic mass is 10.00. The third-order valence-corrected chi connectivity index (χ3v) is 8.67. The van der Waals surface area contributed by atoms with Gasteiger partial charge in [0.05, 0.1) is 13.0 Å². The van der Waals surface area contributed by atoms with Crippen LogP contribution < -0.4 is 20.3 Å². The van der Waals surface area contributed by atoms with Crippen LogP contribution in [-0.2, 0) is 16.1 Å². The molecule has 3 atom stereocenters. The fourth-order valence-electron chi connectivity index (χ4n) is 6.34. The third-order valence-electron chi connectivity index (χ3n) is 8.67. The number of nitrogens with one attached hydrogen (secondary N) is 2. The second kappa shape index (κ2) is 13.7. The molecule has 2 aliphatic heterocycles. The summed E-state index contributed by atoms with van der Waals surface area (Å²) in [6.45, 7) is 4.29. The fraction of sp³-hybridized carbons (Fsp3) is 0.548. The molecule has 0 spiro atoms. The number of rotatable bonds is 5. The number of carbonyl (C=O) groups excluding carboxylic acids is 3. The SMILES string of the molecule is COc1ccc(CNC(=O)N2CCCCCCNC(=O)[C@@H]3C[C@@H](C(=O)N4CCN(c5ccccn5)CC4)C[C@@H]32)cc1. The zero-order valence-corrected chi connectivity index (χ0v) is 24.0. The van der Waals surface area contributed by atoms with E-state index in [1.165, 1.54) is 0 Å². The number of fused-ring (bicyclic) bond motifs is 1. The average molecular weight is 563 g/mol. The van der Waals surface area contributed by atoms with Crippen molar-refractivity contribution in [1.82, 2.24) is 25.4 Å². The molecule has 3 heterocycles. The number of nitrogens with zero attached hydrogens (tertiary/aromatic N) is 4. The minimum absolute atomic E-state index is 0.0416. The summed E-state index contributed by atoms with van der Waals surface area (Å²) in [5, 5.41) is 6.16. The first-order valence-corrected chi connectivity index (χ1v) is 14.9. The summed E-state index contributed by atoms with van der Waals surface area (Å²) in [7, 11) is 1.63. The quantitative estimate of drug-likeness (QED) is 0.580. The van der Waals surface area contributed by atoms with Crippen LogP contribution in [0.3, 0.4) is 0 Å². The second-order valence-corrected chi connectivity index (χ2v) is 11.2. The van der Waals surface area contributed by atoms with Gasteiger partial charge in [0.15, 0.2) is 0 Å². The van der Waals surface area contributed by atoms with Gasteiger partial charge in [-0.25, -0.2) is 9.78 Å². The molecule has 3 aliphatic rings. The summed E-state index contributed by atoms with van der Waals surface area (Å²) in [6, 6.07) is 13.0. The normalized spacial score (nSPS) is 23.7. The van der Waals surface area contributed by atoms with Crippen molar-refractivity contribution in [3.05, 3.63) is 54.2 Å². The Morgan fingerprint density at radius 1 is 0.976 bits per heavy atom. The zero-order chi connectivity index (χ0) is 28.6. The Hall–Kier alpha value is -3.82. The van der Waals surface area contributed by atoms with Gasteiger partial charge < -0.3 is 30.1 Å². The van der Waals surface area contributed by atoms with Crippen LogP contribution in [0.1, 0.15) is 44.1 Å². The summed E-state index contributed by atoms with van der Waals surface area (Å²) in [4.78, 5) is 51.1. The van der Waals surface area contributed by atoms with Crippen LogP contribution in [0.2, 0.25) is 0 Å². The van der Waals surface area contributed by atoms with E-state index in [4.69, 9.17) is 4.74 Å². The van der Waals surface area contributed by atoms with Crippen molar-refractivity contribution < 1.29 is 19.1 Å². The Bertz CT molecular complexity index is 1170. The number of carbonyl (C=O) groups is 3. The molecule has 3 fully saturated rings.